The second-order valence-corrected chi connectivity index (χ2v) is 10.0. The molecule has 2 unspecified atom stereocenters. The SMILES string of the molecule is CN(C)CC1CCn2cc(c3ccccc32)/C(P)=C(/C(=O)NC=O)c2cn(c3ccccc23)CCO1. The number of carbonyl (C=O) groups excluding carboxylic acids is 2. The molecule has 2 aromatic carbocycles. The molecule has 1 aliphatic heterocycles. The van der Waals surface area contributed by atoms with Crippen LogP contribution in [-0.4, -0.2) is 59.7 Å². The summed E-state index contributed by atoms with van der Waals surface area (Å²) in [4.78, 5) is 26.8. The number of likely N-dealkylation sites (N-methyl/N-ethyl adjacent to an activating group) is 1. The third-order valence-electron chi connectivity index (χ3n) is 6.77. The lowest BCUT2D eigenvalue weighted by molar-refractivity contribution is -0.121. The molecule has 0 aliphatic carbocycles. The van der Waals surface area contributed by atoms with Crippen LogP contribution >= 0.6 is 9.24 Å². The molecule has 0 fully saturated rings. The topological polar surface area (TPSA) is 68.5 Å². The number of amides is 2. The van der Waals surface area contributed by atoms with Crippen LogP contribution in [0.3, 0.4) is 0 Å². The van der Waals surface area contributed by atoms with E-state index in [1.807, 2.05) is 36.5 Å². The molecular formula is C28H31N4O3P. The van der Waals surface area contributed by atoms with E-state index >= 15 is 0 Å². The van der Waals surface area contributed by atoms with Gasteiger partial charge in [-0.3, -0.25) is 14.9 Å². The third kappa shape index (κ3) is 4.62. The first-order valence-electron chi connectivity index (χ1n) is 12.1. The number of ether oxygens (including phenoxy) is 1. The number of hydrogen-bond donors (Lipinski definition) is 1. The zero-order valence-electron chi connectivity index (χ0n) is 20.6. The van der Waals surface area contributed by atoms with E-state index in [0.717, 1.165) is 57.8 Å². The zero-order chi connectivity index (χ0) is 25.2. The van der Waals surface area contributed by atoms with Crippen LogP contribution in [0.1, 0.15) is 17.5 Å². The Labute approximate surface area is 212 Å². The highest BCUT2D eigenvalue weighted by Crippen LogP contribution is 2.39. The molecule has 4 bridgehead atoms. The Morgan fingerprint density at radius 3 is 2.31 bits per heavy atom. The average molecular weight is 503 g/mol. The number of hydrogen-bond acceptors (Lipinski definition) is 4. The number of rotatable bonds is 4. The second kappa shape index (κ2) is 10.4. The lowest BCUT2D eigenvalue weighted by atomic mass is 10.0. The molecule has 0 saturated heterocycles. The first kappa shape index (κ1) is 24.4. The Kier molecular flexibility index (Phi) is 7.06. The van der Waals surface area contributed by atoms with E-state index in [0.29, 0.717) is 25.1 Å². The van der Waals surface area contributed by atoms with Crippen LogP contribution in [0.4, 0.5) is 0 Å². The van der Waals surface area contributed by atoms with Gasteiger partial charge >= 0.3 is 0 Å². The summed E-state index contributed by atoms with van der Waals surface area (Å²) < 4.78 is 10.8. The van der Waals surface area contributed by atoms with Gasteiger partial charge in [0.2, 0.25) is 6.41 Å². The number of nitrogens with zero attached hydrogens (tertiary/aromatic N) is 3. The molecule has 7 nitrogen and oxygen atoms in total. The molecule has 2 aromatic heterocycles. The van der Waals surface area contributed by atoms with Crippen LogP contribution in [-0.2, 0) is 27.4 Å². The Morgan fingerprint density at radius 2 is 1.64 bits per heavy atom. The summed E-state index contributed by atoms with van der Waals surface area (Å²) in [5.74, 6) is -0.427. The van der Waals surface area contributed by atoms with E-state index in [1.165, 1.54) is 0 Å². The van der Waals surface area contributed by atoms with Gasteiger partial charge in [-0.2, -0.15) is 0 Å². The van der Waals surface area contributed by atoms with Crippen molar-refractivity contribution in [3.63, 3.8) is 0 Å². The second-order valence-electron chi connectivity index (χ2n) is 9.43. The molecule has 1 aliphatic rings. The molecule has 5 rings (SSSR count). The van der Waals surface area contributed by atoms with Crippen molar-refractivity contribution >= 4 is 54.3 Å². The summed E-state index contributed by atoms with van der Waals surface area (Å²) in [5, 5.41) is 5.15. The number of nitrogens with one attached hydrogen (secondary N) is 1. The van der Waals surface area contributed by atoms with E-state index < -0.39 is 5.91 Å². The van der Waals surface area contributed by atoms with Gasteiger partial charge in [0.1, 0.15) is 0 Å². The van der Waals surface area contributed by atoms with Crippen LogP contribution in [0.15, 0.2) is 60.9 Å². The molecule has 1 N–H and O–H groups in total. The van der Waals surface area contributed by atoms with Gasteiger partial charge in [-0.15, -0.1) is 9.24 Å². The molecule has 4 aromatic rings. The van der Waals surface area contributed by atoms with E-state index in [1.54, 1.807) is 0 Å². The Bertz CT molecular complexity index is 1470. The zero-order valence-corrected chi connectivity index (χ0v) is 21.8. The maximum Gasteiger partial charge on any atom is 0.258 e. The fourth-order valence-electron chi connectivity index (χ4n) is 5.16. The highest BCUT2D eigenvalue weighted by Gasteiger charge is 2.24. The normalized spacial score (nSPS) is 18.9. The smallest absolute Gasteiger partial charge is 0.258 e. The molecule has 0 radical (unpaired) electrons. The fraction of sp³-hybridized carbons (Fsp3) is 0.286. The molecule has 0 spiro atoms. The maximum atomic E-state index is 13.3. The van der Waals surface area contributed by atoms with Crippen molar-refractivity contribution in [1.82, 2.24) is 19.4 Å². The first-order valence-corrected chi connectivity index (χ1v) is 12.7. The lowest BCUT2D eigenvalue weighted by Gasteiger charge is -2.22. The molecule has 0 saturated carbocycles. The van der Waals surface area contributed by atoms with Gasteiger partial charge in [0.15, 0.2) is 0 Å². The van der Waals surface area contributed by atoms with Crippen LogP contribution in [0.25, 0.3) is 32.7 Å². The Balaban J connectivity index is 1.77. The van der Waals surface area contributed by atoms with Gasteiger partial charge in [-0.1, -0.05) is 36.4 Å². The number of imide groups is 1. The predicted octanol–water partition coefficient (Wildman–Crippen LogP) is 3.96. The number of para-hydroxylation sites is 2. The van der Waals surface area contributed by atoms with Crippen LogP contribution in [0.2, 0.25) is 0 Å². The first-order chi connectivity index (χ1) is 17.5. The fourth-order valence-corrected chi connectivity index (χ4v) is 5.68. The third-order valence-corrected chi connectivity index (χ3v) is 7.37. The summed E-state index contributed by atoms with van der Waals surface area (Å²) in [5.41, 5.74) is 4.32. The summed E-state index contributed by atoms with van der Waals surface area (Å²) in [7, 11) is 6.92. The van der Waals surface area contributed by atoms with Gasteiger partial charge in [-0.05, 0) is 38.0 Å². The van der Waals surface area contributed by atoms with Crippen molar-refractivity contribution in [2.24, 2.45) is 0 Å². The summed E-state index contributed by atoms with van der Waals surface area (Å²) in [6, 6.07) is 16.3. The summed E-state index contributed by atoms with van der Waals surface area (Å²) in [6.45, 7) is 2.85. The van der Waals surface area contributed by atoms with Crippen molar-refractivity contribution in [1.29, 1.82) is 0 Å². The number of aryl methyl sites for hydroxylation is 1. The van der Waals surface area contributed by atoms with E-state index in [2.05, 4.69) is 67.1 Å². The predicted molar refractivity (Wildman–Crippen MR) is 148 cm³/mol. The largest absolute Gasteiger partial charge is 0.375 e. The quantitative estimate of drug-likeness (QED) is 0.339. The molecule has 186 valence electrons. The van der Waals surface area contributed by atoms with Gasteiger partial charge in [-0.25, -0.2) is 0 Å². The Hall–Kier alpha value is -3.25. The lowest BCUT2D eigenvalue weighted by Crippen LogP contribution is -2.30. The monoisotopic (exact) mass is 502 g/mol. The number of benzene rings is 2. The molecule has 36 heavy (non-hydrogen) atoms. The van der Waals surface area contributed by atoms with Crippen molar-refractivity contribution in [3.8, 4) is 0 Å². The minimum atomic E-state index is -0.427. The van der Waals surface area contributed by atoms with Crippen LogP contribution in [0, 0.1) is 0 Å². The van der Waals surface area contributed by atoms with E-state index in [4.69, 9.17) is 4.74 Å². The van der Waals surface area contributed by atoms with Crippen molar-refractivity contribution < 1.29 is 14.3 Å². The summed E-state index contributed by atoms with van der Waals surface area (Å²) >= 11 is 0. The van der Waals surface area contributed by atoms with Gasteiger partial charge < -0.3 is 18.8 Å². The number of carbonyl (C=O) groups is 2. The maximum absolute atomic E-state index is 13.3. The Morgan fingerprint density at radius 1 is 1.03 bits per heavy atom. The van der Waals surface area contributed by atoms with E-state index in [9.17, 15) is 9.59 Å². The van der Waals surface area contributed by atoms with Gasteiger partial charge in [0.25, 0.3) is 5.91 Å². The van der Waals surface area contributed by atoms with Crippen LogP contribution in [0.5, 0.6) is 0 Å². The van der Waals surface area contributed by atoms with E-state index in [-0.39, 0.29) is 6.10 Å². The highest BCUT2D eigenvalue weighted by molar-refractivity contribution is 7.32. The standard InChI is InChI=1S/C28H31N4O3P/c1-30(2)15-19-11-12-31-17-23(21-8-4-6-10-25(21)31)27(36)26(28(34)29-18-33)22-16-32(13-14-35-19)24-9-5-3-7-20(22)24/h3-10,16-19H,11-15,36H2,1-2H3,(H,29,33,34)/b27-26-. The number of aromatic nitrogens is 2. The van der Waals surface area contributed by atoms with Crippen molar-refractivity contribution in [3.05, 3.63) is 72.1 Å². The summed E-state index contributed by atoms with van der Waals surface area (Å²) in [6.07, 6.45) is 5.51. The van der Waals surface area contributed by atoms with Crippen molar-refractivity contribution in [2.75, 3.05) is 27.2 Å². The number of fused-ring (bicyclic) bond motifs is 10. The van der Waals surface area contributed by atoms with Gasteiger partial charge in [0, 0.05) is 65.0 Å². The molecular weight excluding hydrogens is 471 g/mol. The van der Waals surface area contributed by atoms with Crippen LogP contribution < -0.4 is 5.32 Å². The molecule has 2 amide bonds. The molecule has 3 heterocycles. The van der Waals surface area contributed by atoms with Crippen molar-refractivity contribution in [2.45, 2.75) is 25.6 Å². The average Bonchev–Trinajstić information content (AvgIpc) is 3.41. The van der Waals surface area contributed by atoms with Gasteiger partial charge in [0.05, 0.1) is 18.3 Å². The molecule has 8 heteroatoms. The molecule has 2 atom stereocenters. The minimum Gasteiger partial charge on any atom is -0.375 e. The minimum absolute atomic E-state index is 0.0915. The highest BCUT2D eigenvalue weighted by atomic mass is 31.0.